The molecule has 94 valence electrons. The number of nitrogens with zero attached hydrogens (tertiary/aromatic N) is 3. The Hall–Kier alpha value is -1.06. The maximum atomic E-state index is 11.6. The van der Waals surface area contributed by atoms with Gasteiger partial charge >= 0.3 is 5.69 Å². The molecule has 0 saturated heterocycles. The van der Waals surface area contributed by atoms with Crippen LogP contribution in [0.15, 0.2) is 11.1 Å². The van der Waals surface area contributed by atoms with Crippen LogP contribution in [0.5, 0.6) is 0 Å². The molecule has 2 fully saturated rings. The van der Waals surface area contributed by atoms with Gasteiger partial charge in [0.15, 0.2) is 0 Å². The van der Waals surface area contributed by atoms with Crippen LogP contribution in [0.2, 0.25) is 0 Å². The van der Waals surface area contributed by atoms with Crippen molar-refractivity contribution in [1.29, 1.82) is 0 Å². The second kappa shape index (κ2) is 4.00. The van der Waals surface area contributed by atoms with E-state index in [-0.39, 0.29) is 5.69 Å². The highest BCUT2D eigenvalue weighted by molar-refractivity contribution is 4.96. The van der Waals surface area contributed by atoms with Gasteiger partial charge in [-0.15, -0.1) is 0 Å². The summed E-state index contributed by atoms with van der Waals surface area (Å²) in [6.07, 6.45) is 11.3. The molecule has 0 unspecified atom stereocenters. The van der Waals surface area contributed by atoms with Crippen LogP contribution in [0, 0.1) is 11.3 Å². The van der Waals surface area contributed by atoms with Gasteiger partial charge in [-0.2, -0.15) is 5.10 Å². The van der Waals surface area contributed by atoms with E-state index in [9.17, 15) is 4.79 Å². The standard InChI is InChI=1S/C13H21N3O/c1-15-12(17)16(10-14-15)9-4-11-2-5-13(6-3-11)7-8-13/h10-11H,2-9H2,1H3. The quantitative estimate of drug-likeness (QED) is 0.803. The summed E-state index contributed by atoms with van der Waals surface area (Å²) in [5, 5.41) is 3.98. The Labute approximate surface area is 102 Å². The highest BCUT2D eigenvalue weighted by atomic mass is 16.2. The first-order chi connectivity index (χ1) is 8.19. The molecule has 1 aromatic heterocycles. The van der Waals surface area contributed by atoms with Crippen molar-refractivity contribution < 1.29 is 0 Å². The first-order valence-electron chi connectivity index (χ1n) is 6.77. The van der Waals surface area contributed by atoms with E-state index in [0.29, 0.717) is 0 Å². The molecule has 0 N–H and O–H groups in total. The molecule has 0 atom stereocenters. The van der Waals surface area contributed by atoms with Crippen molar-refractivity contribution >= 4 is 0 Å². The number of hydrogen-bond acceptors (Lipinski definition) is 2. The summed E-state index contributed by atoms with van der Waals surface area (Å²) in [4.78, 5) is 11.6. The fourth-order valence-corrected chi connectivity index (χ4v) is 3.15. The Bertz CT molecular complexity index is 445. The zero-order chi connectivity index (χ0) is 11.9. The SMILES string of the molecule is Cn1ncn(CCC2CCC3(CC2)CC3)c1=O. The van der Waals surface area contributed by atoms with E-state index >= 15 is 0 Å². The van der Waals surface area contributed by atoms with Crippen molar-refractivity contribution in [3.8, 4) is 0 Å². The van der Waals surface area contributed by atoms with Crippen molar-refractivity contribution in [3.05, 3.63) is 16.8 Å². The summed E-state index contributed by atoms with van der Waals surface area (Å²) in [5.41, 5.74) is 0.793. The highest BCUT2D eigenvalue weighted by Crippen LogP contribution is 2.57. The van der Waals surface area contributed by atoms with Crippen molar-refractivity contribution in [1.82, 2.24) is 14.3 Å². The highest BCUT2D eigenvalue weighted by Gasteiger charge is 2.44. The molecule has 1 spiro atoms. The van der Waals surface area contributed by atoms with Crippen LogP contribution < -0.4 is 5.69 Å². The second-order valence-corrected chi connectivity index (χ2v) is 5.96. The number of rotatable bonds is 3. The predicted molar refractivity (Wildman–Crippen MR) is 65.7 cm³/mol. The lowest BCUT2D eigenvalue weighted by Crippen LogP contribution is -2.24. The predicted octanol–water partition coefficient (Wildman–Crippen LogP) is 1.94. The third kappa shape index (κ3) is 2.17. The molecular weight excluding hydrogens is 214 g/mol. The summed E-state index contributed by atoms with van der Waals surface area (Å²) >= 11 is 0. The van der Waals surface area contributed by atoms with E-state index in [1.165, 1.54) is 43.2 Å². The minimum Gasteiger partial charge on any atom is -0.282 e. The van der Waals surface area contributed by atoms with Crippen LogP contribution >= 0.6 is 0 Å². The van der Waals surface area contributed by atoms with Gasteiger partial charge in [0.05, 0.1) is 0 Å². The molecule has 0 radical (unpaired) electrons. The van der Waals surface area contributed by atoms with Gasteiger partial charge in [-0.25, -0.2) is 9.48 Å². The van der Waals surface area contributed by atoms with E-state index in [0.717, 1.165) is 24.3 Å². The Morgan fingerprint density at radius 2 is 2.06 bits per heavy atom. The van der Waals surface area contributed by atoms with E-state index in [2.05, 4.69) is 5.10 Å². The molecule has 4 nitrogen and oxygen atoms in total. The average molecular weight is 235 g/mol. The van der Waals surface area contributed by atoms with Gasteiger partial charge in [0.1, 0.15) is 6.33 Å². The van der Waals surface area contributed by atoms with E-state index in [4.69, 9.17) is 0 Å². The Balaban J connectivity index is 1.51. The molecule has 1 aromatic rings. The molecule has 4 heteroatoms. The summed E-state index contributed by atoms with van der Waals surface area (Å²) in [6.45, 7) is 0.838. The first-order valence-corrected chi connectivity index (χ1v) is 6.77. The lowest BCUT2D eigenvalue weighted by atomic mass is 9.78. The van der Waals surface area contributed by atoms with Crippen LogP contribution in [0.25, 0.3) is 0 Å². The van der Waals surface area contributed by atoms with Gasteiger partial charge in [-0.1, -0.05) is 0 Å². The summed E-state index contributed by atoms with van der Waals surface area (Å²) in [5.74, 6) is 0.827. The van der Waals surface area contributed by atoms with Gasteiger partial charge in [0.2, 0.25) is 0 Å². The Morgan fingerprint density at radius 3 is 2.59 bits per heavy atom. The van der Waals surface area contributed by atoms with Crippen molar-refractivity contribution in [2.24, 2.45) is 18.4 Å². The molecule has 1 heterocycles. The fourth-order valence-electron chi connectivity index (χ4n) is 3.15. The molecule has 2 aliphatic rings. The third-order valence-electron chi connectivity index (χ3n) is 4.79. The smallest absolute Gasteiger partial charge is 0.282 e. The normalized spacial score (nSPS) is 23.1. The van der Waals surface area contributed by atoms with Crippen molar-refractivity contribution in [2.45, 2.75) is 51.5 Å². The number of aromatic nitrogens is 3. The first kappa shape index (κ1) is 11.1. The topological polar surface area (TPSA) is 39.8 Å². The van der Waals surface area contributed by atoms with Crippen LogP contribution in [-0.2, 0) is 13.6 Å². The fraction of sp³-hybridized carbons (Fsp3) is 0.846. The third-order valence-corrected chi connectivity index (χ3v) is 4.79. The summed E-state index contributed by atoms with van der Waals surface area (Å²) < 4.78 is 3.14. The molecule has 0 amide bonds. The van der Waals surface area contributed by atoms with Gasteiger partial charge in [0.25, 0.3) is 0 Å². The van der Waals surface area contributed by atoms with Gasteiger partial charge < -0.3 is 0 Å². The van der Waals surface area contributed by atoms with Crippen LogP contribution in [-0.4, -0.2) is 14.3 Å². The molecule has 0 aliphatic heterocycles. The van der Waals surface area contributed by atoms with E-state index in [1.54, 1.807) is 17.9 Å². The summed E-state index contributed by atoms with van der Waals surface area (Å²) in [7, 11) is 1.70. The molecule has 2 aliphatic carbocycles. The van der Waals surface area contributed by atoms with E-state index in [1.807, 2.05) is 0 Å². The Morgan fingerprint density at radius 1 is 1.35 bits per heavy atom. The molecule has 17 heavy (non-hydrogen) atoms. The maximum absolute atomic E-state index is 11.6. The average Bonchev–Trinajstić information content (AvgIpc) is 3.02. The molecular formula is C13H21N3O. The van der Waals surface area contributed by atoms with E-state index < -0.39 is 0 Å². The summed E-state index contributed by atoms with van der Waals surface area (Å²) in [6, 6.07) is 0. The molecule has 2 saturated carbocycles. The second-order valence-electron chi connectivity index (χ2n) is 5.96. The van der Waals surface area contributed by atoms with Crippen LogP contribution in [0.4, 0.5) is 0 Å². The van der Waals surface area contributed by atoms with Crippen molar-refractivity contribution in [3.63, 3.8) is 0 Å². The largest absolute Gasteiger partial charge is 0.345 e. The Kier molecular flexibility index (Phi) is 2.60. The number of hydrogen-bond donors (Lipinski definition) is 0. The molecule has 0 bridgehead atoms. The molecule has 3 rings (SSSR count). The minimum atomic E-state index is 0.0134. The monoisotopic (exact) mass is 235 g/mol. The zero-order valence-corrected chi connectivity index (χ0v) is 10.6. The van der Waals surface area contributed by atoms with Gasteiger partial charge in [-0.05, 0) is 56.3 Å². The zero-order valence-electron chi connectivity index (χ0n) is 10.6. The van der Waals surface area contributed by atoms with Crippen molar-refractivity contribution in [2.75, 3.05) is 0 Å². The minimum absolute atomic E-state index is 0.0134. The maximum Gasteiger partial charge on any atom is 0.345 e. The lowest BCUT2D eigenvalue weighted by Gasteiger charge is -2.28. The molecule has 0 aromatic carbocycles. The van der Waals surface area contributed by atoms with Gasteiger partial charge in [-0.3, -0.25) is 4.57 Å². The van der Waals surface area contributed by atoms with Gasteiger partial charge in [0, 0.05) is 13.6 Å². The number of aryl methyl sites for hydroxylation is 2. The lowest BCUT2D eigenvalue weighted by molar-refractivity contribution is 0.239. The van der Waals surface area contributed by atoms with Crippen LogP contribution in [0.3, 0.4) is 0 Å². The van der Waals surface area contributed by atoms with Crippen LogP contribution in [0.1, 0.15) is 44.9 Å².